The number of nitrogens with one attached hydrogen (secondary N) is 2. The van der Waals surface area contributed by atoms with Crippen LogP contribution in [0, 0.1) is 16.7 Å². The third-order valence-corrected chi connectivity index (χ3v) is 4.81. The Bertz CT molecular complexity index is 699. The van der Waals surface area contributed by atoms with Gasteiger partial charge in [-0.25, -0.2) is 0 Å². The Labute approximate surface area is 137 Å². The summed E-state index contributed by atoms with van der Waals surface area (Å²) < 4.78 is 7.65. The Morgan fingerprint density at radius 1 is 1.43 bits per heavy atom. The molecule has 0 bridgehead atoms. The predicted octanol–water partition coefficient (Wildman–Crippen LogP) is 3.79. The van der Waals surface area contributed by atoms with Crippen LogP contribution in [-0.4, -0.2) is 17.5 Å². The lowest BCUT2D eigenvalue weighted by Crippen LogP contribution is -2.31. The molecule has 0 aromatic carbocycles. The number of nitrogens with zero attached hydrogens (tertiary/aromatic N) is 2. The number of nitriles is 1. The van der Waals surface area contributed by atoms with E-state index in [1.807, 2.05) is 25.3 Å². The van der Waals surface area contributed by atoms with E-state index in [1.54, 1.807) is 13.3 Å². The predicted molar refractivity (Wildman–Crippen MR) is 92.4 cm³/mol. The molecule has 0 fully saturated rings. The van der Waals surface area contributed by atoms with Crippen molar-refractivity contribution in [2.45, 2.75) is 45.6 Å². The largest absolute Gasteiger partial charge is 0.482 e. The number of rotatable bonds is 6. The molecule has 1 aliphatic heterocycles. The number of amidine groups is 1. The van der Waals surface area contributed by atoms with Crippen LogP contribution in [0.15, 0.2) is 30.1 Å². The first-order chi connectivity index (χ1) is 11.0. The van der Waals surface area contributed by atoms with Gasteiger partial charge in [0.15, 0.2) is 5.88 Å². The van der Waals surface area contributed by atoms with Crippen LogP contribution in [-0.2, 0) is 5.54 Å². The third-order valence-electron chi connectivity index (χ3n) is 4.81. The Hall–Kier alpha value is -2.48. The minimum atomic E-state index is -0.263. The average molecular weight is 312 g/mol. The first-order valence-corrected chi connectivity index (χ1v) is 7.90. The van der Waals surface area contributed by atoms with Crippen LogP contribution < -0.4 is 10.1 Å². The summed E-state index contributed by atoms with van der Waals surface area (Å²) in [5.41, 5.74) is 2.65. The molecule has 0 saturated carbocycles. The first kappa shape index (κ1) is 16.9. The molecular formula is C18H24N4O. The molecule has 2 rings (SSSR count). The maximum Gasteiger partial charge on any atom is 0.194 e. The zero-order valence-corrected chi connectivity index (χ0v) is 14.2. The van der Waals surface area contributed by atoms with Gasteiger partial charge in [0.1, 0.15) is 5.84 Å². The second kappa shape index (κ2) is 6.74. The summed E-state index contributed by atoms with van der Waals surface area (Å²) in [6.45, 7) is 6.21. The Morgan fingerprint density at radius 2 is 2.13 bits per heavy atom. The van der Waals surface area contributed by atoms with E-state index in [1.165, 1.54) is 0 Å². The van der Waals surface area contributed by atoms with Gasteiger partial charge in [0.05, 0.1) is 25.1 Å². The molecule has 2 heterocycles. The van der Waals surface area contributed by atoms with Crippen LogP contribution in [0.1, 0.15) is 45.6 Å². The topological polar surface area (TPSA) is 73.8 Å². The van der Waals surface area contributed by atoms with Gasteiger partial charge < -0.3 is 14.6 Å². The van der Waals surface area contributed by atoms with Gasteiger partial charge in [-0.3, -0.25) is 5.41 Å². The highest BCUT2D eigenvalue weighted by molar-refractivity contribution is 6.07. The monoisotopic (exact) mass is 312 g/mol. The van der Waals surface area contributed by atoms with Gasteiger partial charge in [0.2, 0.25) is 0 Å². The van der Waals surface area contributed by atoms with Gasteiger partial charge in [-0.2, -0.15) is 5.26 Å². The summed E-state index contributed by atoms with van der Waals surface area (Å²) in [6.07, 6.45) is 7.88. The van der Waals surface area contributed by atoms with Crippen molar-refractivity contribution in [1.82, 2.24) is 9.88 Å². The number of methoxy groups -OCH3 is 1. The highest BCUT2D eigenvalue weighted by Gasteiger charge is 2.31. The molecule has 1 aliphatic rings. The maximum absolute atomic E-state index is 9.25. The molecule has 23 heavy (non-hydrogen) atoms. The molecule has 0 radical (unpaired) electrons. The van der Waals surface area contributed by atoms with E-state index < -0.39 is 0 Å². The number of ether oxygens (including phenoxy) is 1. The molecule has 122 valence electrons. The van der Waals surface area contributed by atoms with E-state index >= 15 is 0 Å². The van der Waals surface area contributed by atoms with E-state index in [-0.39, 0.29) is 5.54 Å². The van der Waals surface area contributed by atoms with Crippen molar-refractivity contribution in [3.05, 3.63) is 35.7 Å². The van der Waals surface area contributed by atoms with Crippen molar-refractivity contribution in [3.63, 3.8) is 0 Å². The molecular weight excluding hydrogens is 288 g/mol. The molecule has 0 aliphatic carbocycles. The number of hydrogen-bond acceptors (Lipinski definition) is 3. The summed E-state index contributed by atoms with van der Waals surface area (Å²) in [5, 5.41) is 20.1. The SMILES string of the molecule is CCC(CC)(CC#N)n1cc(/C(C)=C2\C=CNC2=N)cc1OC. The average Bonchev–Trinajstić information content (AvgIpc) is 3.18. The second-order valence-electron chi connectivity index (χ2n) is 5.80. The van der Waals surface area contributed by atoms with E-state index in [4.69, 9.17) is 10.1 Å². The highest BCUT2D eigenvalue weighted by Crippen LogP contribution is 2.37. The molecule has 0 amide bonds. The van der Waals surface area contributed by atoms with Gasteiger partial charge in [-0.1, -0.05) is 13.8 Å². The molecule has 1 aromatic heterocycles. The molecule has 0 saturated heterocycles. The van der Waals surface area contributed by atoms with E-state index in [2.05, 4.69) is 29.8 Å². The summed E-state index contributed by atoms with van der Waals surface area (Å²) in [6, 6.07) is 4.30. The fraction of sp³-hybridized carbons (Fsp3) is 0.444. The Kier molecular flexibility index (Phi) is 4.95. The van der Waals surface area contributed by atoms with Crippen molar-refractivity contribution in [2.24, 2.45) is 0 Å². The van der Waals surface area contributed by atoms with Gasteiger partial charge in [0, 0.05) is 24.0 Å². The summed E-state index contributed by atoms with van der Waals surface area (Å²) in [4.78, 5) is 0. The number of hydrogen-bond donors (Lipinski definition) is 2. The van der Waals surface area contributed by atoms with Crippen LogP contribution in [0.2, 0.25) is 0 Å². The first-order valence-electron chi connectivity index (χ1n) is 7.90. The van der Waals surface area contributed by atoms with Crippen LogP contribution >= 0.6 is 0 Å². The van der Waals surface area contributed by atoms with Crippen LogP contribution in [0.25, 0.3) is 5.57 Å². The molecule has 0 atom stereocenters. The van der Waals surface area contributed by atoms with E-state index in [0.29, 0.717) is 12.3 Å². The molecule has 0 unspecified atom stereocenters. The smallest absolute Gasteiger partial charge is 0.194 e. The van der Waals surface area contributed by atoms with Gasteiger partial charge in [-0.05, 0) is 37.0 Å². The standard InChI is InChI=1S/C18H24N4O/c1-5-18(6-2,8-9-19)22-12-14(11-16(22)23-4)13(3)15-7-10-21-17(15)20/h7,10-12H,5-6,8H2,1-4H3,(H2,20,21)/b15-13+. The van der Waals surface area contributed by atoms with E-state index in [9.17, 15) is 5.26 Å². The normalized spacial score (nSPS) is 16.2. The van der Waals surface area contributed by atoms with Crippen molar-refractivity contribution in [1.29, 1.82) is 10.7 Å². The van der Waals surface area contributed by atoms with Gasteiger partial charge in [-0.15, -0.1) is 0 Å². The molecule has 2 N–H and O–H groups in total. The molecule has 1 aromatic rings. The lowest BCUT2D eigenvalue weighted by Gasteiger charge is -2.32. The molecule has 5 nitrogen and oxygen atoms in total. The van der Waals surface area contributed by atoms with Crippen molar-refractivity contribution in [2.75, 3.05) is 7.11 Å². The molecule has 5 heteroatoms. The summed E-state index contributed by atoms with van der Waals surface area (Å²) in [5.74, 6) is 1.16. The van der Waals surface area contributed by atoms with Crippen molar-refractivity contribution < 1.29 is 4.74 Å². The molecule has 0 spiro atoms. The Morgan fingerprint density at radius 3 is 2.61 bits per heavy atom. The fourth-order valence-corrected chi connectivity index (χ4v) is 3.09. The second-order valence-corrected chi connectivity index (χ2v) is 5.80. The van der Waals surface area contributed by atoms with Gasteiger partial charge in [0.25, 0.3) is 0 Å². The number of aromatic nitrogens is 1. The highest BCUT2D eigenvalue weighted by atomic mass is 16.5. The van der Waals surface area contributed by atoms with Crippen LogP contribution in [0.5, 0.6) is 5.88 Å². The number of allylic oxidation sites excluding steroid dienone is 1. The van der Waals surface area contributed by atoms with Gasteiger partial charge >= 0.3 is 0 Å². The quantitative estimate of drug-likeness (QED) is 0.839. The fourth-order valence-electron chi connectivity index (χ4n) is 3.09. The zero-order chi connectivity index (χ0) is 17.0. The minimum Gasteiger partial charge on any atom is -0.482 e. The maximum atomic E-state index is 9.25. The third kappa shape index (κ3) is 2.89. The summed E-state index contributed by atoms with van der Waals surface area (Å²) in [7, 11) is 1.65. The van der Waals surface area contributed by atoms with Crippen LogP contribution in [0.3, 0.4) is 0 Å². The zero-order valence-electron chi connectivity index (χ0n) is 14.2. The lowest BCUT2D eigenvalue weighted by molar-refractivity contribution is 0.233. The van der Waals surface area contributed by atoms with E-state index in [0.717, 1.165) is 35.4 Å². The van der Waals surface area contributed by atoms with Crippen molar-refractivity contribution >= 4 is 11.4 Å². The van der Waals surface area contributed by atoms with Crippen LogP contribution in [0.4, 0.5) is 0 Å². The summed E-state index contributed by atoms with van der Waals surface area (Å²) >= 11 is 0. The Balaban J connectivity index is 2.56. The minimum absolute atomic E-state index is 0.263. The lowest BCUT2D eigenvalue weighted by atomic mass is 9.89. The van der Waals surface area contributed by atoms with Crippen molar-refractivity contribution in [3.8, 4) is 11.9 Å².